The van der Waals surface area contributed by atoms with Gasteiger partial charge in [-0.15, -0.1) is 0 Å². The standard InChI is InChI=1S/C33H26FN7O2/c1-20(42)38-25-11-9-22(10-12-25)28-15-16-29-32(39-28)41(31(40-29)27-6-3-17-36-30(27)35)26-13-7-21(8-14-26)19-37-33(43)23-4-2-5-24(34)18-23/h2-18H,19H2,1H3,(H2,35,36)(H,37,43)(H,38,42). The first kappa shape index (κ1) is 27.3. The highest BCUT2D eigenvalue weighted by atomic mass is 19.1. The van der Waals surface area contributed by atoms with Crippen LogP contribution < -0.4 is 16.4 Å². The Hall–Kier alpha value is -5.90. The largest absolute Gasteiger partial charge is 0.383 e. The van der Waals surface area contributed by atoms with Gasteiger partial charge in [0, 0.05) is 42.2 Å². The fraction of sp³-hybridized carbons (Fsp3) is 0.0606. The summed E-state index contributed by atoms with van der Waals surface area (Å²) in [5, 5.41) is 5.60. The third kappa shape index (κ3) is 5.80. The summed E-state index contributed by atoms with van der Waals surface area (Å²) in [5.74, 6) is -0.0462. The molecule has 0 saturated carbocycles. The van der Waals surface area contributed by atoms with E-state index in [0.717, 1.165) is 22.5 Å². The van der Waals surface area contributed by atoms with Gasteiger partial charge in [0.25, 0.3) is 5.91 Å². The molecule has 10 heteroatoms. The number of carbonyl (C=O) groups excluding carboxylic acids is 2. The van der Waals surface area contributed by atoms with E-state index in [0.29, 0.717) is 34.1 Å². The molecule has 0 bridgehead atoms. The second-order valence-corrected chi connectivity index (χ2v) is 9.86. The molecule has 6 aromatic rings. The van der Waals surface area contributed by atoms with Gasteiger partial charge in [0.1, 0.15) is 17.2 Å². The Labute approximate surface area is 246 Å². The highest BCUT2D eigenvalue weighted by Crippen LogP contribution is 2.32. The number of carbonyl (C=O) groups is 2. The first-order chi connectivity index (χ1) is 20.9. The van der Waals surface area contributed by atoms with Crippen LogP contribution in [0.2, 0.25) is 0 Å². The van der Waals surface area contributed by atoms with Crippen molar-refractivity contribution in [2.75, 3.05) is 11.1 Å². The molecule has 3 aromatic heterocycles. The van der Waals surface area contributed by atoms with Gasteiger partial charge >= 0.3 is 0 Å². The lowest BCUT2D eigenvalue weighted by atomic mass is 10.1. The van der Waals surface area contributed by atoms with E-state index in [2.05, 4.69) is 15.6 Å². The van der Waals surface area contributed by atoms with Crippen LogP contribution in [0.3, 0.4) is 0 Å². The molecular weight excluding hydrogens is 545 g/mol. The molecule has 6 rings (SSSR count). The number of rotatable bonds is 7. The van der Waals surface area contributed by atoms with Gasteiger partial charge in [0.2, 0.25) is 5.91 Å². The second kappa shape index (κ2) is 11.5. The topological polar surface area (TPSA) is 128 Å². The van der Waals surface area contributed by atoms with Crippen molar-refractivity contribution in [1.82, 2.24) is 24.8 Å². The van der Waals surface area contributed by atoms with E-state index in [1.54, 1.807) is 18.3 Å². The molecule has 0 radical (unpaired) electrons. The van der Waals surface area contributed by atoms with Gasteiger partial charge in [-0.05, 0) is 72.3 Å². The molecule has 0 saturated heterocycles. The summed E-state index contributed by atoms with van der Waals surface area (Å²) in [7, 11) is 0. The number of hydrogen-bond donors (Lipinski definition) is 3. The number of nitrogen functional groups attached to an aromatic ring is 1. The van der Waals surface area contributed by atoms with E-state index in [1.807, 2.05) is 71.3 Å². The Morgan fingerprint density at radius 2 is 1.70 bits per heavy atom. The molecule has 0 atom stereocenters. The number of nitrogens with one attached hydrogen (secondary N) is 2. The van der Waals surface area contributed by atoms with Crippen LogP contribution in [0.25, 0.3) is 39.5 Å². The number of benzene rings is 3. The maximum Gasteiger partial charge on any atom is 0.251 e. The van der Waals surface area contributed by atoms with Crippen LogP contribution in [-0.2, 0) is 11.3 Å². The van der Waals surface area contributed by atoms with Gasteiger partial charge in [-0.1, -0.05) is 30.3 Å². The van der Waals surface area contributed by atoms with E-state index >= 15 is 0 Å². The van der Waals surface area contributed by atoms with Crippen molar-refractivity contribution in [3.05, 3.63) is 120 Å². The van der Waals surface area contributed by atoms with Gasteiger partial charge in [0.05, 0.1) is 11.3 Å². The quantitative estimate of drug-likeness (QED) is 0.224. The molecular formula is C33H26FN7O2. The lowest BCUT2D eigenvalue weighted by molar-refractivity contribution is -0.114. The Bertz CT molecular complexity index is 1970. The summed E-state index contributed by atoms with van der Waals surface area (Å²) in [4.78, 5) is 38.0. The van der Waals surface area contributed by atoms with Gasteiger partial charge in [-0.25, -0.2) is 19.3 Å². The zero-order chi connectivity index (χ0) is 29.9. The molecule has 3 aromatic carbocycles. The zero-order valence-corrected chi connectivity index (χ0v) is 23.1. The van der Waals surface area contributed by atoms with Gasteiger partial charge < -0.3 is 16.4 Å². The summed E-state index contributed by atoms with van der Waals surface area (Å²) in [5.41, 5.74) is 12.4. The number of anilines is 2. The van der Waals surface area contributed by atoms with Crippen molar-refractivity contribution in [3.8, 4) is 28.3 Å². The van der Waals surface area contributed by atoms with E-state index < -0.39 is 5.82 Å². The number of nitrogens with zero attached hydrogens (tertiary/aromatic N) is 4. The Morgan fingerprint density at radius 1 is 0.907 bits per heavy atom. The number of amides is 2. The molecule has 2 amide bonds. The Kier molecular flexibility index (Phi) is 7.32. The predicted octanol–water partition coefficient (Wildman–Crippen LogP) is 5.76. The predicted molar refractivity (Wildman–Crippen MR) is 164 cm³/mol. The number of imidazole rings is 1. The lowest BCUT2D eigenvalue weighted by Crippen LogP contribution is -2.22. The average Bonchev–Trinajstić information content (AvgIpc) is 3.39. The first-order valence-corrected chi connectivity index (χ1v) is 13.5. The Morgan fingerprint density at radius 3 is 2.42 bits per heavy atom. The van der Waals surface area contributed by atoms with Gasteiger partial charge in [0.15, 0.2) is 11.5 Å². The summed E-state index contributed by atoms with van der Waals surface area (Å²) in [6.07, 6.45) is 1.62. The molecule has 0 aliphatic rings. The molecule has 212 valence electrons. The van der Waals surface area contributed by atoms with Crippen molar-refractivity contribution in [1.29, 1.82) is 0 Å². The maximum atomic E-state index is 13.5. The normalized spacial score (nSPS) is 10.9. The fourth-order valence-electron chi connectivity index (χ4n) is 4.75. The molecule has 0 aliphatic heterocycles. The van der Waals surface area contributed by atoms with E-state index in [-0.39, 0.29) is 23.9 Å². The molecule has 0 aliphatic carbocycles. The minimum Gasteiger partial charge on any atom is -0.383 e. The van der Waals surface area contributed by atoms with Crippen LogP contribution in [0.1, 0.15) is 22.8 Å². The number of fused-ring (bicyclic) bond motifs is 1. The third-order valence-corrected chi connectivity index (χ3v) is 6.82. The highest BCUT2D eigenvalue weighted by Gasteiger charge is 2.19. The molecule has 0 spiro atoms. The lowest BCUT2D eigenvalue weighted by Gasteiger charge is -2.12. The third-order valence-electron chi connectivity index (χ3n) is 6.82. The molecule has 9 nitrogen and oxygen atoms in total. The number of pyridine rings is 2. The van der Waals surface area contributed by atoms with Crippen molar-refractivity contribution in [2.45, 2.75) is 13.5 Å². The van der Waals surface area contributed by atoms with Crippen LogP contribution in [0, 0.1) is 5.82 Å². The summed E-state index contributed by atoms with van der Waals surface area (Å²) < 4.78 is 15.4. The van der Waals surface area contributed by atoms with Crippen molar-refractivity contribution >= 4 is 34.5 Å². The molecule has 4 N–H and O–H groups in total. The van der Waals surface area contributed by atoms with Crippen molar-refractivity contribution in [2.24, 2.45) is 0 Å². The first-order valence-electron chi connectivity index (χ1n) is 13.5. The molecule has 43 heavy (non-hydrogen) atoms. The summed E-state index contributed by atoms with van der Waals surface area (Å²) >= 11 is 0. The summed E-state index contributed by atoms with van der Waals surface area (Å²) in [6, 6.07) is 28.1. The van der Waals surface area contributed by atoms with Crippen molar-refractivity contribution < 1.29 is 14.0 Å². The van der Waals surface area contributed by atoms with Gasteiger partial charge in [-0.2, -0.15) is 0 Å². The van der Waals surface area contributed by atoms with Crippen LogP contribution in [0.4, 0.5) is 15.9 Å². The number of aromatic nitrogens is 4. The van der Waals surface area contributed by atoms with Crippen molar-refractivity contribution in [3.63, 3.8) is 0 Å². The molecule has 0 fully saturated rings. The van der Waals surface area contributed by atoms with E-state index in [4.69, 9.17) is 15.7 Å². The van der Waals surface area contributed by atoms with Crippen LogP contribution in [0.5, 0.6) is 0 Å². The van der Waals surface area contributed by atoms with Gasteiger partial charge in [-0.3, -0.25) is 14.2 Å². The number of halogens is 1. The fourth-order valence-corrected chi connectivity index (χ4v) is 4.75. The number of hydrogen-bond acceptors (Lipinski definition) is 6. The second-order valence-electron chi connectivity index (χ2n) is 9.86. The minimum absolute atomic E-state index is 0.140. The van der Waals surface area contributed by atoms with Crippen LogP contribution >= 0.6 is 0 Å². The molecule has 3 heterocycles. The SMILES string of the molecule is CC(=O)Nc1ccc(-c2ccc3nc(-c4cccnc4N)n(-c4ccc(CNC(=O)c5cccc(F)c5)cc4)c3n2)cc1. The Balaban J connectivity index is 1.36. The zero-order valence-electron chi connectivity index (χ0n) is 23.1. The smallest absolute Gasteiger partial charge is 0.251 e. The summed E-state index contributed by atoms with van der Waals surface area (Å²) in [6.45, 7) is 1.73. The number of nitrogens with two attached hydrogens (primary N) is 1. The highest BCUT2D eigenvalue weighted by molar-refractivity contribution is 5.94. The minimum atomic E-state index is -0.464. The average molecular weight is 572 g/mol. The van der Waals surface area contributed by atoms with Crippen LogP contribution in [-0.4, -0.2) is 31.3 Å². The van der Waals surface area contributed by atoms with E-state index in [1.165, 1.54) is 25.1 Å². The molecule has 0 unspecified atom stereocenters. The monoisotopic (exact) mass is 571 g/mol. The maximum absolute atomic E-state index is 13.5. The van der Waals surface area contributed by atoms with Crippen LogP contribution in [0.15, 0.2) is 103 Å². The van der Waals surface area contributed by atoms with E-state index in [9.17, 15) is 14.0 Å².